The molecule has 26 heavy (non-hydrogen) atoms. The van der Waals surface area contributed by atoms with E-state index in [9.17, 15) is 13.2 Å². The van der Waals surface area contributed by atoms with Crippen molar-refractivity contribution < 1.29 is 13.2 Å². The first kappa shape index (κ1) is 18.9. The van der Waals surface area contributed by atoms with Crippen LogP contribution in [0.25, 0.3) is 10.9 Å². The predicted molar refractivity (Wildman–Crippen MR) is 104 cm³/mol. The first-order chi connectivity index (χ1) is 12.4. The van der Waals surface area contributed by atoms with Crippen LogP contribution in [0.5, 0.6) is 0 Å². The summed E-state index contributed by atoms with van der Waals surface area (Å²) in [6.45, 7) is 2.74. The van der Waals surface area contributed by atoms with Crippen molar-refractivity contribution in [2.24, 2.45) is 0 Å². The number of nitrogens with zero attached hydrogens (tertiary/aromatic N) is 3. The highest BCUT2D eigenvalue weighted by molar-refractivity contribution is 7.99. The second kappa shape index (κ2) is 7.79. The Bertz CT molecular complexity index is 917. The molecule has 1 aromatic carbocycles. The molecule has 1 aromatic heterocycles. The third-order valence-corrected chi connectivity index (χ3v) is 6.98. The number of carbonyl (C=O) groups is 1. The molecule has 2 aromatic rings. The lowest BCUT2D eigenvalue weighted by atomic mass is 10.2. The number of anilines is 1. The van der Waals surface area contributed by atoms with E-state index in [-0.39, 0.29) is 29.2 Å². The van der Waals surface area contributed by atoms with E-state index in [1.165, 1.54) is 11.8 Å². The van der Waals surface area contributed by atoms with E-state index < -0.39 is 9.84 Å². The van der Waals surface area contributed by atoms with Crippen molar-refractivity contribution in [3.63, 3.8) is 0 Å². The minimum atomic E-state index is -3.01. The number of sulfone groups is 1. The van der Waals surface area contributed by atoms with E-state index in [4.69, 9.17) is 0 Å². The predicted octanol–water partition coefficient (Wildman–Crippen LogP) is 1.80. The summed E-state index contributed by atoms with van der Waals surface area (Å²) in [5.41, 5.74) is 0.823. The van der Waals surface area contributed by atoms with Crippen LogP contribution in [0, 0.1) is 0 Å². The monoisotopic (exact) mass is 394 g/mol. The van der Waals surface area contributed by atoms with Gasteiger partial charge >= 0.3 is 0 Å². The molecule has 0 radical (unpaired) electrons. The van der Waals surface area contributed by atoms with Gasteiger partial charge < -0.3 is 10.2 Å². The van der Waals surface area contributed by atoms with Crippen LogP contribution in [0.4, 0.5) is 5.82 Å². The smallest absolute Gasteiger partial charge is 0.233 e. The minimum Gasteiger partial charge on any atom is -0.370 e. The Hall–Kier alpha value is -1.87. The number of benzene rings is 1. The largest absolute Gasteiger partial charge is 0.370 e. The second-order valence-electron chi connectivity index (χ2n) is 6.25. The molecule has 140 valence electrons. The van der Waals surface area contributed by atoms with E-state index in [0.29, 0.717) is 11.6 Å². The molecule has 7 nitrogen and oxygen atoms in total. The fourth-order valence-corrected chi connectivity index (χ4v) is 5.48. The minimum absolute atomic E-state index is 0.0525. The lowest BCUT2D eigenvalue weighted by Crippen LogP contribution is -2.38. The van der Waals surface area contributed by atoms with Crippen LogP contribution in [0.15, 0.2) is 29.4 Å². The molecule has 0 aliphatic carbocycles. The first-order valence-electron chi connectivity index (χ1n) is 8.49. The Kier molecular flexibility index (Phi) is 5.67. The second-order valence-corrected chi connectivity index (χ2v) is 9.42. The summed E-state index contributed by atoms with van der Waals surface area (Å²) >= 11 is 1.27. The Labute approximate surface area is 157 Å². The zero-order valence-corrected chi connectivity index (χ0v) is 16.4. The topological polar surface area (TPSA) is 92.3 Å². The van der Waals surface area contributed by atoms with Gasteiger partial charge in [-0.25, -0.2) is 18.4 Å². The molecule has 3 rings (SSSR count). The molecule has 1 saturated heterocycles. The van der Waals surface area contributed by atoms with Crippen LogP contribution in [0.2, 0.25) is 0 Å². The number of para-hydroxylation sites is 1. The molecule has 1 N–H and O–H groups in total. The molecule has 9 heteroatoms. The molecular formula is C17H22N4O3S2. The first-order valence-corrected chi connectivity index (χ1v) is 11.3. The molecule has 0 bridgehead atoms. The van der Waals surface area contributed by atoms with Crippen LogP contribution in [0.1, 0.15) is 13.3 Å². The van der Waals surface area contributed by atoms with E-state index in [1.54, 1.807) is 11.9 Å². The molecule has 1 fully saturated rings. The van der Waals surface area contributed by atoms with Gasteiger partial charge in [-0.2, -0.15) is 0 Å². The summed E-state index contributed by atoms with van der Waals surface area (Å²) in [6.07, 6.45) is 0.506. The molecular weight excluding hydrogens is 372 g/mol. The highest BCUT2D eigenvalue weighted by Crippen LogP contribution is 2.25. The molecule has 1 amide bonds. The highest BCUT2D eigenvalue weighted by Gasteiger charge is 2.32. The fourth-order valence-electron chi connectivity index (χ4n) is 2.93. The molecule has 1 atom stereocenters. The van der Waals surface area contributed by atoms with Crippen molar-refractivity contribution in [1.29, 1.82) is 0 Å². The maximum Gasteiger partial charge on any atom is 0.233 e. The van der Waals surface area contributed by atoms with Gasteiger partial charge in [0.2, 0.25) is 5.91 Å². The number of hydrogen-bond acceptors (Lipinski definition) is 7. The highest BCUT2D eigenvalue weighted by atomic mass is 32.2. The van der Waals surface area contributed by atoms with E-state index in [2.05, 4.69) is 15.3 Å². The maximum atomic E-state index is 12.4. The summed E-state index contributed by atoms with van der Waals surface area (Å²) in [4.78, 5) is 23.0. The van der Waals surface area contributed by atoms with Crippen molar-refractivity contribution in [3.05, 3.63) is 24.3 Å². The third-order valence-electron chi connectivity index (χ3n) is 4.40. The number of aromatic nitrogens is 2. The average molecular weight is 395 g/mol. The molecule has 2 heterocycles. The number of carbonyl (C=O) groups excluding carboxylic acids is 1. The van der Waals surface area contributed by atoms with E-state index in [0.717, 1.165) is 23.3 Å². The number of rotatable bonds is 6. The molecule has 0 spiro atoms. The molecule has 1 aliphatic heterocycles. The lowest BCUT2D eigenvalue weighted by Gasteiger charge is -2.23. The Balaban J connectivity index is 1.70. The van der Waals surface area contributed by atoms with Gasteiger partial charge in [0.15, 0.2) is 15.0 Å². The fraction of sp³-hybridized carbons (Fsp3) is 0.471. The number of hydrogen-bond donors (Lipinski definition) is 1. The number of nitrogens with one attached hydrogen (secondary N) is 1. The molecule has 0 saturated carbocycles. The standard InChI is InChI=1S/C17H22N4O3S2/c1-3-18-16-13-6-4-5-7-14(13)19-17(20-16)25-10-15(22)21(2)12-8-9-26(23,24)11-12/h4-7,12H,3,8-11H2,1-2H3,(H,18,19,20)/t12-/m0/s1. The van der Waals surface area contributed by atoms with Crippen LogP contribution >= 0.6 is 11.8 Å². The summed E-state index contributed by atoms with van der Waals surface area (Å²) in [5.74, 6) is 1.03. The van der Waals surface area contributed by atoms with Crippen LogP contribution in [-0.4, -0.2) is 66.1 Å². The van der Waals surface area contributed by atoms with Crippen LogP contribution in [0.3, 0.4) is 0 Å². The van der Waals surface area contributed by atoms with Gasteiger partial charge in [0, 0.05) is 25.0 Å². The summed E-state index contributed by atoms with van der Waals surface area (Å²) < 4.78 is 23.2. The lowest BCUT2D eigenvalue weighted by molar-refractivity contribution is -0.128. The summed E-state index contributed by atoms with van der Waals surface area (Å²) in [5, 5.41) is 4.70. The van der Waals surface area contributed by atoms with Crippen molar-refractivity contribution >= 4 is 44.2 Å². The summed E-state index contributed by atoms with van der Waals surface area (Å²) in [6, 6.07) is 7.50. The average Bonchev–Trinajstić information content (AvgIpc) is 2.99. The van der Waals surface area contributed by atoms with Gasteiger partial charge in [0.25, 0.3) is 0 Å². The van der Waals surface area contributed by atoms with Crippen molar-refractivity contribution in [2.75, 3.05) is 36.2 Å². The molecule has 0 unspecified atom stereocenters. The van der Waals surface area contributed by atoms with Gasteiger partial charge in [-0.05, 0) is 25.5 Å². The van der Waals surface area contributed by atoms with Crippen molar-refractivity contribution in [3.8, 4) is 0 Å². The number of fused-ring (bicyclic) bond motifs is 1. The third kappa shape index (κ3) is 4.27. The summed E-state index contributed by atoms with van der Waals surface area (Å²) in [7, 11) is -1.34. The van der Waals surface area contributed by atoms with Crippen molar-refractivity contribution in [1.82, 2.24) is 14.9 Å². The molecule has 1 aliphatic rings. The zero-order valence-electron chi connectivity index (χ0n) is 14.8. The van der Waals surface area contributed by atoms with Gasteiger partial charge in [-0.3, -0.25) is 4.79 Å². The maximum absolute atomic E-state index is 12.4. The SMILES string of the molecule is CCNc1nc(SCC(=O)N(C)[C@H]2CCS(=O)(=O)C2)nc2ccccc12. The number of amides is 1. The Morgan fingerprint density at radius 2 is 2.12 bits per heavy atom. The quantitative estimate of drug-likeness (QED) is 0.590. The van der Waals surface area contributed by atoms with Gasteiger partial charge in [-0.15, -0.1) is 0 Å². The zero-order chi connectivity index (χ0) is 18.7. The van der Waals surface area contributed by atoms with E-state index in [1.807, 2.05) is 31.2 Å². The normalized spacial score (nSPS) is 18.8. The van der Waals surface area contributed by atoms with Crippen molar-refractivity contribution in [2.45, 2.75) is 24.5 Å². The van der Waals surface area contributed by atoms with Gasteiger partial charge in [-0.1, -0.05) is 23.9 Å². The van der Waals surface area contributed by atoms with Crippen LogP contribution < -0.4 is 5.32 Å². The Morgan fingerprint density at radius 1 is 1.35 bits per heavy atom. The van der Waals surface area contributed by atoms with Gasteiger partial charge in [0.05, 0.1) is 22.8 Å². The number of thioether (sulfide) groups is 1. The Morgan fingerprint density at radius 3 is 2.81 bits per heavy atom. The van der Waals surface area contributed by atoms with E-state index >= 15 is 0 Å². The van der Waals surface area contributed by atoms with Crippen LogP contribution in [-0.2, 0) is 14.6 Å². The van der Waals surface area contributed by atoms with Gasteiger partial charge in [0.1, 0.15) is 5.82 Å².